The van der Waals surface area contributed by atoms with E-state index in [0.717, 1.165) is 50.6 Å². The summed E-state index contributed by atoms with van der Waals surface area (Å²) < 4.78 is 10.7. The van der Waals surface area contributed by atoms with Crippen LogP contribution in [0.1, 0.15) is 34.7 Å². The number of rotatable bonds is 10. The van der Waals surface area contributed by atoms with Gasteiger partial charge in [-0.1, -0.05) is 109 Å². The Hall–Kier alpha value is -6.13. The first-order chi connectivity index (χ1) is 23.1. The fourth-order valence-corrected chi connectivity index (χ4v) is 5.37. The predicted octanol–water partition coefficient (Wildman–Crippen LogP) is 10.8. The maximum atomic E-state index is 11.5. The van der Waals surface area contributed by atoms with Crippen LogP contribution in [-0.2, 0) is 4.79 Å². The molecule has 0 aliphatic carbocycles. The molecule has 4 heteroatoms. The van der Waals surface area contributed by atoms with Crippen LogP contribution in [0.25, 0.3) is 23.8 Å². The molecule has 4 nitrogen and oxygen atoms in total. The molecule has 6 aromatic rings. The number of hydrogen-bond acceptors (Lipinski definition) is 4. The van der Waals surface area contributed by atoms with Crippen LogP contribution in [0.3, 0.4) is 0 Å². The van der Waals surface area contributed by atoms with Crippen LogP contribution >= 0.6 is 0 Å². The van der Waals surface area contributed by atoms with E-state index in [4.69, 9.17) is 9.47 Å². The lowest BCUT2D eigenvalue weighted by Crippen LogP contribution is -2.09. The van der Waals surface area contributed by atoms with Gasteiger partial charge < -0.3 is 14.4 Å². The Morgan fingerprint density at radius 2 is 0.957 bits per heavy atom. The van der Waals surface area contributed by atoms with Gasteiger partial charge in [0.1, 0.15) is 11.5 Å². The quantitative estimate of drug-likeness (QED) is 0.0875. The molecule has 47 heavy (non-hydrogen) atoms. The highest BCUT2D eigenvalue weighted by Crippen LogP contribution is 2.36. The van der Waals surface area contributed by atoms with E-state index in [1.807, 2.05) is 60.7 Å². The molecule has 0 atom stereocenters. The minimum Gasteiger partial charge on any atom is -0.497 e. The summed E-state index contributed by atoms with van der Waals surface area (Å²) >= 11 is 0. The van der Waals surface area contributed by atoms with Crippen LogP contribution in [0.2, 0.25) is 0 Å². The average Bonchev–Trinajstić information content (AvgIpc) is 3.12. The van der Waals surface area contributed by atoms with Crippen molar-refractivity contribution in [2.24, 2.45) is 0 Å². The summed E-state index contributed by atoms with van der Waals surface area (Å²) in [7, 11) is 1.66. The first-order valence-corrected chi connectivity index (χ1v) is 15.5. The van der Waals surface area contributed by atoms with Crippen LogP contribution in [0.15, 0.2) is 158 Å². The first-order valence-electron chi connectivity index (χ1n) is 15.5. The average molecular weight is 614 g/mol. The second-order valence-electron chi connectivity index (χ2n) is 11.0. The minimum absolute atomic E-state index is 0.343. The Kier molecular flexibility index (Phi) is 9.70. The van der Waals surface area contributed by atoms with E-state index < -0.39 is 0 Å². The van der Waals surface area contributed by atoms with Gasteiger partial charge in [0.15, 0.2) is 0 Å². The van der Waals surface area contributed by atoms with Gasteiger partial charge in [0, 0.05) is 24.0 Å². The van der Waals surface area contributed by atoms with Crippen molar-refractivity contribution in [2.75, 3.05) is 12.0 Å². The molecule has 0 aliphatic heterocycles. The van der Waals surface area contributed by atoms with Crippen molar-refractivity contribution in [3.8, 4) is 11.5 Å². The van der Waals surface area contributed by atoms with Gasteiger partial charge >= 0.3 is 5.97 Å². The standard InChI is InChI=1S/C43H35NO3/c1-32(45)47-42-29-21-37(22-30-42)43(36-19-27-41(46-2)28-20-36)31-35-17-25-40(26-18-35)44(38-11-7-4-8-12-38)39-23-15-34(16-24-39)14-13-33-9-5-3-6-10-33/h3-31H,1-2H3. The Morgan fingerprint density at radius 1 is 0.511 bits per heavy atom. The van der Waals surface area contributed by atoms with Gasteiger partial charge in [-0.3, -0.25) is 4.79 Å². The summed E-state index contributed by atoms with van der Waals surface area (Å²) in [5.41, 5.74) is 9.65. The maximum Gasteiger partial charge on any atom is 0.308 e. The van der Waals surface area contributed by atoms with Crippen molar-refractivity contribution in [2.45, 2.75) is 6.92 Å². The van der Waals surface area contributed by atoms with E-state index in [9.17, 15) is 4.79 Å². The highest BCUT2D eigenvalue weighted by molar-refractivity contribution is 5.92. The Morgan fingerprint density at radius 3 is 1.47 bits per heavy atom. The normalized spacial score (nSPS) is 11.3. The Bertz CT molecular complexity index is 1960. The number of anilines is 3. The zero-order valence-corrected chi connectivity index (χ0v) is 26.4. The third-order valence-corrected chi connectivity index (χ3v) is 7.72. The number of esters is 1. The molecule has 0 spiro atoms. The van der Waals surface area contributed by atoms with Gasteiger partial charge in [-0.05, 0) is 100 Å². The number of nitrogens with zero attached hydrogens (tertiary/aromatic N) is 1. The van der Waals surface area contributed by atoms with Gasteiger partial charge in [0.05, 0.1) is 7.11 Å². The zero-order valence-electron chi connectivity index (χ0n) is 26.4. The predicted molar refractivity (Wildman–Crippen MR) is 194 cm³/mol. The van der Waals surface area contributed by atoms with Gasteiger partial charge in [0.2, 0.25) is 0 Å². The lowest BCUT2D eigenvalue weighted by molar-refractivity contribution is -0.131. The smallest absolute Gasteiger partial charge is 0.308 e. The summed E-state index contributed by atoms with van der Waals surface area (Å²) in [6.45, 7) is 1.40. The van der Waals surface area contributed by atoms with Crippen molar-refractivity contribution in [1.29, 1.82) is 0 Å². The van der Waals surface area contributed by atoms with E-state index in [-0.39, 0.29) is 5.97 Å². The summed E-state index contributed by atoms with van der Waals surface area (Å²) in [5, 5.41) is 0. The molecule has 0 saturated carbocycles. The molecule has 0 bridgehead atoms. The van der Waals surface area contributed by atoms with Gasteiger partial charge in [-0.15, -0.1) is 0 Å². The molecule has 230 valence electrons. The molecule has 6 rings (SSSR count). The molecular weight excluding hydrogens is 578 g/mol. The number of benzene rings is 6. The number of carbonyl (C=O) groups is 1. The molecule has 0 aliphatic rings. The van der Waals surface area contributed by atoms with Gasteiger partial charge in [0.25, 0.3) is 0 Å². The first kappa shape index (κ1) is 30.9. The number of para-hydroxylation sites is 1. The summed E-state index contributed by atoms with van der Waals surface area (Å²) in [6.07, 6.45) is 6.44. The molecule has 0 radical (unpaired) electrons. The lowest BCUT2D eigenvalue weighted by Gasteiger charge is -2.25. The second-order valence-corrected chi connectivity index (χ2v) is 11.0. The van der Waals surface area contributed by atoms with Crippen molar-refractivity contribution in [3.05, 3.63) is 186 Å². The van der Waals surface area contributed by atoms with Crippen molar-refractivity contribution in [3.63, 3.8) is 0 Å². The summed E-state index contributed by atoms with van der Waals surface area (Å²) in [5.74, 6) is 0.967. The highest BCUT2D eigenvalue weighted by Gasteiger charge is 2.13. The van der Waals surface area contributed by atoms with Crippen molar-refractivity contribution < 1.29 is 14.3 Å². The lowest BCUT2D eigenvalue weighted by atomic mass is 9.95. The van der Waals surface area contributed by atoms with E-state index in [2.05, 4.69) is 120 Å². The summed E-state index contributed by atoms with van der Waals surface area (Å²) in [6, 6.07) is 53.5. The van der Waals surface area contributed by atoms with Crippen LogP contribution in [0, 0.1) is 0 Å². The fraction of sp³-hybridized carbons (Fsp3) is 0.0465. The molecule has 0 heterocycles. The molecule has 0 N–H and O–H groups in total. The van der Waals surface area contributed by atoms with Crippen LogP contribution in [-0.4, -0.2) is 13.1 Å². The highest BCUT2D eigenvalue weighted by atomic mass is 16.5. The number of methoxy groups -OCH3 is 1. The summed E-state index contributed by atoms with van der Waals surface area (Å²) in [4.78, 5) is 13.7. The third kappa shape index (κ3) is 7.94. The maximum absolute atomic E-state index is 11.5. The van der Waals surface area contributed by atoms with E-state index >= 15 is 0 Å². The van der Waals surface area contributed by atoms with Crippen LogP contribution < -0.4 is 14.4 Å². The molecule has 6 aromatic carbocycles. The topological polar surface area (TPSA) is 38.8 Å². The molecule has 0 fully saturated rings. The molecule has 0 aromatic heterocycles. The largest absolute Gasteiger partial charge is 0.497 e. The van der Waals surface area contributed by atoms with Crippen molar-refractivity contribution in [1.82, 2.24) is 0 Å². The van der Waals surface area contributed by atoms with Crippen molar-refractivity contribution >= 4 is 46.8 Å². The van der Waals surface area contributed by atoms with Gasteiger partial charge in [-0.25, -0.2) is 0 Å². The van der Waals surface area contributed by atoms with E-state index in [1.165, 1.54) is 12.5 Å². The molecule has 0 unspecified atom stereocenters. The molecule has 0 amide bonds. The Balaban J connectivity index is 1.32. The second kappa shape index (κ2) is 14.8. The SMILES string of the molecule is COc1ccc(C(=Cc2ccc(N(c3ccccc3)c3ccc(C=Cc4ccccc4)cc3)cc2)c2ccc(OC(C)=O)cc2)cc1. The zero-order chi connectivity index (χ0) is 32.4. The van der Waals surface area contributed by atoms with Crippen LogP contribution in [0.4, 0.5) is 17.1 Å². The number of carbonyl (C=O) groups excluding carboxylic acids is 1. The molecular formula is C43H35NO3. The monoisotopic (exact) mass is 613 g/mol. The fourth-order valence-electron chi connectivity index (χ4n) is 5.37. The van der Waals surface area contributed by atoms with E-state index in [1.54, 1.807) is 7.11 Å². The van der Waals surface area contributed by atoms with E-state index in [0.29, 0.717) is 5.75 Å². The molecule has 0 saturated heterocycles. The number of hydrogen-bond donors (Lipinski definition) is 0. The minimum atomic E-state index is -0.343. The van der Waals surface area contributed by atoms with Gasteiger partial charge in [-0.2, -0.15) is 0 Å². The number of ether oxygens (including phenoxy) is 2. The third-order valence-electron chi connectivity index (χ3n) is 7.72. The van der Waals surface area contributed by atoms with Crippen LogP contribution in [0.5, 0.6) is 11.5 Å². The Labute approximate surface area is 276 Å².